The third kappa shape index (κ3) is 5.41. The number of rotatable bonds is 5. The zero-order chi connectivity index (χ0) is 33.2. The first-order chi connectivity index (χ1) is 20.9. The largest absolute Gasteiger partial charge is 0.462 e. The van der Waals surface area contributed by atoms with E-state index in [1.165, 1.54) is 20.8 Å². The number of carbonyl (C=O) groups excluding carboxylic acids is 4. The topological polar surface area (TPSA) is 155 Å². The van der Waals surface area contributed by atoms with Crippen LogP contribution in [0.25, 0.3) is 0 Å². The van der Waals surface area contributed by atoms with E-state index < -0.39 is 88.8 Å². The molecule has 10 atom stereocenters. The maximum absolute atomic E-state index is 14.0. The number of ether oxygens (including phenoxy) is 5. The van der Waals surface area contributed by atoms with Gasteiger partial charge in [-0.3, -0.25) is 14.4 Å². The molecule has 2 bridgehead atoms. The number of aliphatic hydroxyl groups is 2. The summed E-state index contributed by atoms with van der Waals surface area (Å²) in [5, 5.41) is 24.4. The standard InChI is InChI=1S/C33H41BrO11/c1-15-22(42-16(2)35)12-21-27(44-30(40)19-9-8-10-20(34)11-19)28-32(7,29(39)26(38)25(15)31(21,5)6)23(43-17(3)36)13-24-33(28,14-41-24)45-18(4)37/h8-11,21-24,26-29,38-39H,12-14H2,1-7H3/t21-,22-,23-,24+,26+,27+,28-,29-,32+,33-/m0/s1. The Morgan fingerprint density at radius 3 is 2.18 bits per heavy atom. The highest BCUT2D eigenvalue weighted by molar-refractivity contribution is 9.10. The van der Waals surface area contributed by atoms with Crippen molar-refractivity contribution in [3.05, 3.63) is 45.4 Å². The number of benzene rings is 1. The maximum Gasteiger partial charge on any atom is 0.338 e. The van der Waals surface area contributed by atoms with Crippen molar-refractivity contribution < 1.29 is 53.1 Å². The van der Waals surface area contributed by atoms with E-state index in [4.69, 9.17) is 23.7 Å². The summed E-state index contributed by atoms with van der Waals surface area (Å²) in [6.07, 6.45) is -6.51. The quantitative estimate of drug-likeness (QED) is 0.264. The van der Waals surface area contributed by atoms with E-state index in [-0.39, 0.29) is 25.0 Å². The summed E-state index contributed by atoms with van der Waals surface area (Å²) in [6, 6.07) is 6.69. The molecule has 0 aromatic heterocycles. The molecular formula is C33H41BrO11. The van der Waals surface area contributed by atoms with Gasteiger partial charge in [0.2, 0.25) is 0 Å². The van der Waals surface area contributed by atoms with Gasteiger partial charge in [-0.25, -0.2) is 4.79 Å². The van der Waals surface area contributed by atoms with Crippen molar-refractivity contribution in [3.63, 3.8) is 0 Å². The van der Waals surface area contributed by atoms with Gasteiger partial charge < -0.3 is 33.9 Å². The number of aliphatic hydroxyl groups excluding tert-OH is 2. The zero-order valence-corrected chi connectivity index (χ0v) is 28.1. The van der Waals surface area contributed by atoms with Crippen LogP contribution >= 0.6 is 15.9 Å². The molecule has 0 spiro atoms. The van der Waals surface area contributed by atoms with E-state index in [1.807, 2.05) is 13.8 Å². The lowest BCUT2D eigenvalue weighted by molar-refractivity contribution is -0.354. The molecule has 4 aliphatic rings. The Bertz CT molecular complexity index is 1440. The monoisotopic (exact) mass is 692 g/mol. The molecule has 0 radical (unpaired) electrons. The second-order valence-electron chi connectivity index (χ2n) is 13.6. The molecule has 246 valence electrons. The number of esters is 4. The Kier molecular flexibility index (Phi) is 8.78. The second kappa shape index (κ2) is 11.8. The fraction of sp³-hybridized carbons (Fsp3) is 0.636. The minimum absolute atomic E-state index is 0.0676. The maximum atomic E-state index is 14.0. The fourth-order valence-electron chi connectivity index (χ4n) is 8.67. The van der Waals surface area contributed by atoms with Crippen molar-refractivity contribution >= 4 is 39.8 Å². The summed E-state index contributed by atoms with van der Waals surface area (Å²) in [4.78, 5) is 51.4. The molecule has 3 aliphatic carbocycles. The summed E-state index contributed by atoms with van der Waals surface area (Å²) >= 11 is 3.40. The molecule has 12 heteroatoms. The van der Waals surface area contributed by atoms with Crippen molar-refractivity contribution in [2.24, 2.45) is 22.7 Å². The second-order valence-corrected chi connectivity index (χ2v) is 14.5. The summed E-state index contributed by atoms with van der Waals surface area (Å²) in [5.41, 5.74) is -2.57. The van der Waals surface area contributed by atoms with Gasteiger partial charge in [-0.05, 0) is 48.1 Å². The van der Waals surface area contributed by atoms with Gasteiger partial charge in [-0.2, -0.15) is 0 Å². The predicted molar refractivity (Wildman–Crippen MR) is 162 cm³/mol. The van der Waals surface area contributed by atoms with E-state index in [1.54, 1.807) is 38.1 Å². The van der Waals surface area contributed by atoms with Gasteiger partial charge in [0.25, 0.3) is 0 Å². The van der Waals surface area contributed by atoms with Crippen LogP contribution in [-0.4, -0.2) is 82.9 Å². The minimum Gasteiger partial charge on any atom is -0.462 e. The molecule has 3 fully saturated rings. The van der Waals surface area contributed by atoms with Crippen molar-refractivity contribution in [3.8, 4) is 0 Å². The van der Waals surface area contributed by atoms with Gasteiger partial charge in [0.05, 0.1) is 24.2 Å². The molecule has 11 nitrogen and oxygen atoms in total. The highest BCUT2D eigenvalue weighted by Gasteiger charge is 2.75. The number of halogens is 1. The van der Waals surface area contributed by atoms with Crippen LogP contribution in [0.2, 0.25) is 0 Å². The molecule has 1 heterocycles. The molecular weight excluding hydrogens is 652 g/mol. The number of carbonyl (C=O) groups is 4. The smallest absolute Gasteiger partial charge is 0.338 e. The van der Waals surface area contributed by atoms with Crippen LogP contribution in [0.4, 0.5) is 0 Å². The van der Waals surface area contributed by atoms with Crippen LogP contribution in [0.15, 0.2) is 39.9 Å². The summed E-state index contributed by atoms with van der Waals surface area (Å²) in [5.74, 6) is -4.09. The average Bonchev–Trinajstić information content (AvgIpc) is 2.92. The van der Waals surface area contributed by atoms with Crippen molar-refractivity contribution in [2.75, 3.05) is 6.61 Å². The number of fused-ring (bicyclic) bond motifs is 5. The molecule has 0 unspecified atom stereocenters. The summed E-state index contributed by atoms with van der Waals surface area (Å²) in [6.45, 7) is 10.9. The molecule has 0 amide bonds. The lowest BCUT2D eigenvalue weighted by Crippen LogP contribution is -2.80. The van der Waals surface area contributed by atoms with Crippen LogP contribution in [0.5, 0.6) is 0 Å². The highest BCUT2D eigenvalue weighted by atomic mass is 79.9. The Labute approximate surface area is 270 Å². The van der Waals surface area contributed by atoms with E-state index in [9.17, 15) is 29.4 Å². The van der Waals surface area contributed by atoms with E-state index in [0.29, 0.717) is 15.6 Å². The van der Waals surface area contributed by atoms with E-state index in [2.05, 4.69) is 15.9 Å². The Morgan fingerprint density at radius 1 is 0.956 bits per heavy atom. The van der Waals surface area contributed by atoms with E-state index >= 15 is 0 Å². The first-order valence-electron chi connectivity index (χ1n) is 15.1. The normalized spacial score (nSPS) is 38.3. The molecule has 2 N–H and O–H groups in total. The van der Waals surface area contributed by atoms with E-state index in [0.717, 1.165) is 0 Å². The van der Waals surface area contributed by atoms with Crippen molar-refractivity contribution in [1.29, 1.82) is 0 Å². The van der Waals surface area contributed by atoms with Crippen LogP contribution < -0.4 is 0 Å². The lowest BCUT2D eigenvalue weighted by atomic mass is 9.45. The molecule has 1 saturated heterocycles. The van der Waals surface area contributed by atoms with Crippen LogP contribution in [0.3, 0.4) is 0 Å². The minimum atomic E-state index is -1.60. The third-order valence-electron chi connectivity index (χ3n) is 10.6. The van der Waals surface area contributed by atoms with Crippen molar-refractivity contribution in [2.45, 2.75) is 104 Å². The zero-order valence-electron chi connectivity index (χ0n) is 26.5. The van der Waals surface area contributed by atoms with Gasteiger partial charge in [-0.15, -0.1) is 0 Å². The van der Waals surface area contributed by atoms with Crippen LogP contribution in [0.1, 0.15) is 71.7 Å². The third-order valence-corrected chi connectivity index (χ3v) is 11.1. The van der Waals surface area contributed by atoms with Gasteiger partial charge in [0.15, 0.2) is 5.60 Å². The van der Waals surface area contributed by atoms with Gasteiger partial charge in [0, 0.05) is 43.0 Å². The highest BCUT2D eigenvalue weighted by Crippen LogP contribution is 2.64. The van der Waals surface area contributed by atoms with Gasteiger partial charge >= 0.3 is 23.9 Å². The van der Waals surface area contributed by atoms with Gasteiger partial charge in [0.1, 0.15) is 30.5 Å². The Hall–Kier alpha value is -2.80. The molecule has 45 heavy (non-hydrogen) atoms. The predicted octanol–water partition coefficient (Wildman–Crippen LogP) is 3.66. The van der Waals surface area contributed by atoms with Crippen molar-refractivity contribution in [1.82, 2.24) is 0 Å². The molecule has 1 aromatic carbocycles. The lowest BCUT2D eigenvalue weighted by Gasteiger charge is -2.67. The number of hydrogen-bond acceptors (Lipinski definition) is 11. The van der Waals surface area contributed by atoms with Crippen LogP contribution in [0, 0.1) is 22.7 Å². The molecule has 1 aliphatic heterocycles. The fourth-order valence-corrected chi connectivity index (χ4v) is 9.07. The first kappa shape index (κ1) is 33.6. The molecule has 5 rings (SSSR count). The Balaban J connectivity index is 1.80. The summed E-state index contributed by atoms with van der Waals surface area (Å²) in [7, 11) is 0. The molecule has 2 saturated carbocycles. The summed E-state index contributed by atoms with van der Waals surface area (Å²) < 4.78 is 30.8. The Morgan fingerprint density at radius 2 is 1.62 bits per heavy atom. The molecule has 1 aromatic rings. The average molecular weight is 694 g/mol. The number of hydrogen-bond donors (Lipinski definition) is 2. The first-order valence-corrected chi connectivity index (χ1v) is 15.9. The SMILES string of the molecule is CC(=O)O[C@H]1C[C@H]2[C@@H](OC(=O)c3cccc(Br)c3)[C@@H]3[C@]4(OC(C)=O)CO[C@@H]4C[C@H](OC(C)=O)[C@@]3(C)[C@@H](O)[C@H](O)C(=C1C)C2(C)C. The van der Waals surface area contributed by atoms with Crippen LogP contribution in [-0.2, 0) is 38.1 Å². The van der Waals surface area contributed by atoms with Gasteiger partial charge in [-0.1, -0.05) is 42.8 Å².